The Morgan fingerprint density at radius 3 is 2.95 bits per heavy atom. The molecule has 1 aromatic heterocycles. The van der Waals surface area contributed by atoms with Crippen molar-refractivity contribution < 1.29 is 9.84 Å². The number of hydrogen-bond acceptors (Lipinski definition) is 4. The first-order valence-electron chi connectivity index (χ1n) is 6.70. The molecule has 104 valence electrons. The molecule has 0 saturated carbocycles. The first-order chi connectivity index (χ1) is 9.36. The van der Waals surface area contributed by atoms with E-state index in [1.165, 1.54) is 10.9 Å². The summed E-state index contributed by atoms with van der Waals surface area (Å²) in [6, 6.07) is 8.28. The van der Waals surface area contributed by atoms with E-state index in [0.29, 0.717) is 13.2 Å². The van der Waals surface area contributed by atoms with Crippen molar-refractivity contribution >= 4 is 10.9 Å². The van der Waals surface area contributed by atoms with Gasteiger partial charge in [-0.1, -0.05) is 18.2 Å². The molecule has 2 aromatic rings. The molecule has 0 atom stereocenters. The van der Waals surface area contributed by atoms with Crippen LogP contribution >= 0.6 is 0 Å². The van der Waals surface area contributed by atoms with Gasteiger partial charge in [0.2, 0.25) is 0 Å². The van der Waals surface area contributed by atoms with E-state index in [-0.39, 0.29) is 6.61 Å². The zero-order valence-corrected chi connectivity index (χ0v) is 11.3. The number of benzene rings is 1. The Hall–Kier alpha value is -1.43. The van der Waals surface area contributed by atoms with Gasteiger partial charge in [0, 0.05) is 25.0 Å². The van der Waals surface area contributed by atoms with E-state index in [9.17, 15) is 0 Å². The van der Waals surface area contributed by atoms with E-state index >= 15 is 0 Å². The Labute approximate surface area is 113 Å². The summed E-state index contributed by atoms with van der Waals surface area (Å²) in [7, 11) is 0. The second-order valence-electron chi connectivity index (χ2n) is 4.29. The minimum atomic E-state index is 0.0749. The largest absolute Gasteiger partial charge is 0.394 e. The zero-order valence-electron chi connectivity index (χ0n) is 11.3. The molecule has 0 bridgehead atoms. The van der Waals surface area contributed by atoms with E-state index in [1.54, 1.807) is 0 Å². The normalized spacial score (nSPS) is 11.3. The van der Waals surface area contributed by atoms with Crippen molar-refractivity contribution in [2.24, 2.45) is 0 Å². The molecule has 1 heterocycles. The summed E-state index contributed by atoms with van der Waals surface area (Å²) in [5, 5.41) is 17.7. The lowest BCUT2D eigenvalue weighted by Gasteiger charge is -2.03. The molecule has 0 saturated heterocycles. The van der Waals surface area contributed by atoms with Crippen LogP contribution in [0.5, 0.6) is 0 Å². The summed E-state index contributed by atoms with van der Waals surface area (Å²) in [6.45, 7) is 5.54. The fraction of sp³-hybridized carbons (Fsp3) is 0.500. The minimum absolute atomic E-state index is 0.0749. The van der Waals surface area contributed by atoms with E-state index in [0.717, 1.165) is 25.3 Å². The predicted molar refractivity (Wildman–Crippen MR) is 75.0 cm³/mol. The number of nitrogens with one attached hydrogen (secondary N) is 1. The fourth-order valence-electron chi connectivity index (χ4n) is 2.09. The molecule has 0 fully saturated rings. The predicted octanol–water partition coefficient (Wildman–Crippen LogP) is 1.15. The molecule has 0 aliphatic heterocycles. The Bertz CT molecular complexity index is 510. The average Bonchev–Trinajstić information content (AvgIpc) is 2.81. The number of para-hydroxylation sites is 1. The maximum absolute atomic E-state index is 8.59. The van der Waals surface area contributed by atoms with Crippen LogP contribution in [-0.2, 0) is 17.8 Å². The topological polar surface area (TPSA) is 59.3 Å². The van der Waals surface area contributed by atoms with Crippen molar-refractivity contribution in [1.29, 1.82) is 0 Å². The second-order valence-corrected chi connectivity index (χ2v) is 4.29. The van der Waals surface area contributed by atoms with Gasteiger partial charge in [-0.3, -0.25) is 4.68 Å². The molecule has 0 aliphatic rings. The lowest BCUT2D eigenvalue weighted by atomic mass is 10.2. The molecular formula is C14H21N3O2. The highest BCUT2D eigenvalue weighted by Crippen LogP contribution is 2.17. The third-order valence-corrected chi connectivity index (χ3v) is 2.99. The summed E-state index contributed by atoms with van der Waals surface area (Å²) in [5.74, 6) is 0. The van der Waals surface area contributed by atoms with Gasteiger partial charge in [-0.2, -0.15) is 5.10 Å². The summed E-state index contributed by atoms with van der Waals surface area (Å²) >= 11 is 0. The van der Waals surface area contributed by atoms with E-state index in [4.69, 9.17) is 9.84 Å². The van der Waals surface area contributed by atoms with Crippen molar-refractivity contribution in [1.82, 2.24) is 15.1 Å². The van der Waals surface area contributed by atoms with Crippen LogP contribution in [0.3, 0.4) is 0 Å². The van der Waals surface area contributed by atoms with Gasteiger partial charge in [0.25, 0.3) is 0 Å². The summed E-state index contributed by atoms with van der Waals surface area (Å²) < 4.78 is 7.22. The van der Waals surface area contributed by atoms with Gasteiger partial charge < -0.3 is 15.2 Å². The molecule has 0 aliphatic carbocycles. The zero-order chi connectivity index (χ0) is 13.5. The van der Waals surface area contributed by atoms with Crippen LogP contribution in [0.4, 0.5) is 0 Å². The number of aliphatic hydroxyl groups excluding tert-OH is 1. The van der Waals surface area contributed by atoms with Crippen molar-refractivity contribution in [2.75, 3.05) is 26.4 Å². The highest BCUT2D eigenvalue weighted by atomic mass is 16.5. The minimum Gasteiger partial charge on any atom is -0.394 e. The van der Waals surface area contributed by atoms with E-state index in [2.05, 4.69) is 29.5 Å². The maximum atomic E-state index is 8.59. The summed E-state index contributed by atoms with van der Waals surface area (Å²) in [5.41, 5.74) is 2.25. The smallest absolute Gasteiger partial charge is 0.0841 e. The number of aromatic nitrogens is 2. The van der Waals surface area contributed by atoms with Crippen LogP contribution in [0, 0.1) is 0 Å². The van der Waals surface area contributed by atoms with Gasteiger partial charge in [0.1, 0.15) is 0 Å². The van der Waals surface area contributed by atoms with Crippen molar-refractivity contribution in [3.63, 3.8) is 0 Å². The Morgan fingerprint density at radius 2 is 2.16 bits per heavy atom. The maximum Gasteiger partial charge on any atom is 0.0841 e. The van der Waals surface area contributed by atoms with Crippen molar-refractivity contribution in [3.05, 3.63) is 30.0 Å². The molecule has 0 unspecified atom stereocenters. The van der Waals surface area contributed by atoms with Gasteiger partial charge in [0.15, 0.2) is 0 Å². The molecule has 1 aromatic carbocycles. The second kappa shape index (κ2) is 7.23. The van der Waals surface area contributed by atoms with E-state index < -0.39 is 0 Å². The third kappa shape index (κ3) is 3.53. The quantitative estimate of drug-likeness (QED) is 0.702. The van der Waals surface area contributed by atoms with Gasteiger partial charge in [-0.25, -0.2) is 0 Å². The number of fused-ring (bicyclic) bond motifs is 1. The van der Waals surface area contributed by atoms with Crippen LogP contribution in [0.2, 0.25) is 0 Å². The van der Waals surface area contributed by atoms with Crippen molar-refractivity contribution in [3.8, 4) is 0 Å². The average molecular weight is 263 g/mol. The molecule has 2 rings (SSSR count). The Kier molecular flexibility index (Phi) is 5.32. The van der Waals surface area contributed by atoms with Crippen LogP contribution in [0.1, 0.15) is 12.6 Å². The lowest BCUT2D eigenvalue weighted by molar-refractivity contribution is 0.0937. The highest BCUT2D eigenvalue weighted by Gasteiger charge is 2.07. The third-order valence-electron chi connectivity index (χ3n) is 2.99. The number of rotatable bonds is 8. The van der Waals surface area contributed by atoms with Gasteiger partial charge in [0.05, 0.1) is 31.0 Å². The molecule has 19 heavy (non-hydrogen) atoms. The first kappa shape index (κ1) is 14.0. The molecule has 0 radical (unpaired) electrons. The molecular weight excluding hydrogens is 242 g/mol. The van der Waals surface area contributed by atoms with Gasteiger partial charge >= 0.3 is 0 Å². The van der Waals surface area contributed by atoms with E-state index in [1.807, 2.05) is 16.8 Å². The number of hydrogen-bond donors (Lipinski definition) is 2. The standard InChI is InChI=1S/C14H21N3O2/c1-2-17-14-6-4-3-5-12(14)13(16-17)11-15-7-9-19-10-8-18/h3-6,15,18H,2,7-11H2,1H3. The summed E-state index contributed by atoms with van der Waals surface area (Å²) in [6.07, 6.45) is 0. The fourth-order valence-corrected chi connectivity index (χ4v) is 2.09. The first-order valence-corrected chi connectivity index (χ1v) is 6.70. The molecule has 0 spiro atoms. The highest BCUT2D eigenvalue weighted by molar-refractivity contribution is 5.81. The SMILES string of the molecule is CCn1nc(CNCCOCCO)c2ccccc21. The van der Waals surface area contributed by atoms with Crippen LogP contribution in [-0.4, -0.2) is 41.3 Å². The van der Waals surface area contributed by atoms with Crippen LogP contribution < -0.4 is 5.32 Å². The van der Waals surface area contributed by atoms with Gasteiger partial charge in [-0.15, -0.1) is 0 Å². The van der Waals surface area contributed by atoms with Crippen molar-refractivity contribution in [2.45, 2.75) is 20.0 Å². The summed E-state index contributed by atoms with van der Waals surface area (Å²) in [4.78, 5) is 0. The van der Waals surface area contributed by atoms with Crippen LogP contribution in [0.25, 0.3) is 10.9 Å². The molecule has 5 nitrogen and oxygen atoms in total. The molecule has 5 heteroatoms. The molecule has 2 N–H and O–H groups in total. The number of ether oxygens (including phenoxy) is 1. The Balaban J connectivity index is 1.93. The Morgan fingerprint density at radius 1 is 1.32 bits per heavy atom. The number of nitrogens with zero attached hydrogens (tertiary/aromatic N) is 2. The lowest BCUT2D eigenvalue weighted by Crippen LogP contribution is -2.20. The number of aliphatic hydroxyl groups is 1. The van der Waals surface area contributed by atoms with Gasteiger partial charge in [-0.05, 0) is 13.0 Å². The molecule has 0 amide bonds. The number of aryl methyl sites for hydroxylation is 1. The van der Waals surface area contributed by atoms with Crippen LogP contribution in [0.15, 0.2) is 24.3 Å². The monoisotopic (exact) mass is 263 g/mol.